The highest BCUT2D eigenvalue weighted by atomic mass is 16.5. The van der Waals surface area contributed by atoms with E-state index in [1.54, 1.807) is 0 Å². The number of rotatable bonds is 0. The van der Waals surface area contributed by atoms with Crippen molar-refractivity contribution in [3.8, 4) is 5.75 Å². The molecule has 0 aliphatic carbocycles. The first-order chi connectivity index (χ1) is 7.75. The first-order valence-electron chi connectivity index (χ1n) is 5.01. The van der Waals surface area contributed by atoms with Crippen molar-refractivity contribution in [3.05, 3.63) is 42.0 Å². The molecular weight excluding hydrogens is 204 g/mol. The minimum Gasteiger partial charge on any atom is -0.420 e. The molecule has 0 atom stereocenters. The average molecular weight is 212 g/mol. The SMILES string of the molecule is O=C1Cc2ccc3ccccc3c2OC1=O. The van der Waals surface area contributed by atoms with E-state index < -0.39 is 11.8 Å². The molecule has 0 bridgehead atoms. The van der Waals surface area contributed by atoms with Crippen molar-refractivity contribution in [2.45, 2.75) is 6.42 Å². The summed E-state index contributed by atoms with van der Waals surface area (Å²) in [4.78, 5) is 22.4. The van der Waals surface area contributed by atoms with Gasteiger partial charge in [0, 0.05) is 17.4 Å². The van der Waals surface area contributed by atoms with Crippen LogP contribution in [-0.4, -0.2) is 11.8 Å². The molecule has 0 spiro atoms. The van der Waals surface area contributed by atoms with Crippen LogP contribution < -0.4 is 4.74 Å². The van der Waals surface area contributed by atoms with Gasteiger partial charge in [0.1, 0.15) is 5.75 Å². The maximum Gasteiger partial charge on any atom is 0.380 e. The van der Waals surface area contributed by atoms with Crippen molar-refractivity contribution < 1.29 is 14.3 Å². The Morgan fingerprint density at radius 2 is 1.81 bits per heavy atom. The third-order valence-electron chi connectivity index (χ3n) is 2.73. The summed E-state index contributed by atoms with van der Waals surface area (Å²) in [6.45, 7) is 0. The van der Waals surface area contributed by atoms with E-state index in [1.807, 2.05) is 36.4 Å². The van der Waals surface area contributed by atoms with Crippen molar-refractivity contribution in [2.24, 2.45) is 0 Å². The topological polar surface area (TPSA) is 43.4 Å². The van der Waals surface area contributed by atoms with Gasteiger partial charge in [0.15, 0.2) is 0 Å². The van der Waals surface area contributed by atoms with E-state index in [1.165, 1.54) is 0 Å². The van der Waals surface area contributed by atoms with E-state index >= 15 is 0 Å². The molecule has 16 heavy (non-hydrogen) atoms. The Morgan fingerprint density at radius 3 is 2.69 bits per heavy atom. The first-order valence-corrected chi connectivity index (χ1v) is 5.01. The Labute approximate surface area is 91.6 Å². The minimum atomic E-state index is -0.760. The van der Waals surface area contributed by atoms with Crippen LogP contribution in [0.1, 0.15) is 5.56 Å². The van der Waals surface area contributed by atoms with Gasteiger partial charge in [-0.15, -0.1) is 0 Å². The second kappa shape index (κ2) is 3.17. The van der Waals surface area contributed by atoms with E-state index in [0.29, 0.717) is 5.75 Å². The van der Waals surface area contributed by atoms with Crippen LogP contribution in [0.4, 0.5) is 0 Å². The van der Waals surface area contributed by atoms with Gasteiger partial charge in [-0.3, -0.25) is 4.79 Å². The summed E-state index contributed by atoms with van der Waals surface area (Å²) in [6, 6.07) is 11.4. The summed E-state index contributed by atoms with van der Waals surface area (Å²) < 4.78 is 5.07. The molecular formula is C13H8O3. The van der Waals surface area contributed by atoms with Gasteiger partial charge in [0.2, 0.25) is 5.78 Å². The molecule has 0 unspecified atom stereocenters. The zero-order valence-electron chi connectivity index (χ0n) is 8.40. The number of carbonyl (C=O) groups excluding carboxylic acids is 2. The van der Waals surface area contributed by atoms with Crippen LogP contribution in [0.5, 0.6) is 5.75 Å². The van der Waals surface area contributed by atoms with E-state index in [2.05, 4.69) is 0 Å². The maximum atomic E-state index is 11.2. The molecule has 0 saturated heterocycles. The summed E-state index contributed by atoms with van der Waals surface area (Å²) in [5.41, 5.74) is 0.781. The molecule has 3 heteroatoms. The minimum absolute atomic E-state index is 0.138. The third kappa shape index (κ3) is 1.21. The molecule has 2 aromatic carbocycles. The number of hydrogen-bond acceptors (Lipinski definition) is 3. The molecule has 0 fully saturated rings. The molecule has 2 aromatic rings. The zero-order chi connectivity index (χ0) is 11.1. The molecule has 1 aliphatic heterocycles. The van der Waals surface area contributed by atoms with Crippen LogP contribution in [0, 0.1) is 0 Å². The predicted molar refractivity (Wildman–Crippen MR) is 58.3 cm³/mol. The summed E-state index contributed by atoms with van der Waals surface area (Å²) in [5.74, 6) is -0.714. The molecule has 0 saturated carbocycles. The van der Waals surface area contributed by atoms with E-state index in [-0.39, 0.29) is 6.42 Å². The van der Waals surface area contributed by atoms with Gasteiger partial charge in [-0.05, 0) is 5.39 Å². The number of esters is 1. The standard InChI is InChI=1S/C13H8O3/c14-11-7-9-6-5-8-3-1-2-4-10(8)12(9)16-13(11)15/h1-6H,7H2. The molecule has 0 radical (unpaired) electrons. The Bertz CT molecular complexity index is 614. The fraction of sp³-hybridized carbons (Fsp3) is 0.0769. The molecule has 3 rings (SSSR count). The number of hydrogen-bond donors (Lipinski definition) is 0. The van der Waals surface area contributed by atoms with E-state index in [0.717, 1.165) is 16.3 Å². The van der Waals surface area contributed by atoms with Crippen LogP contribution in [0.15, 0.2) is 36.4 Å². The Morgan fingerprint density at radius 1 is 1.00 bits per heavy atom. The van der Waals surface area contributed by atoms with Crippen molar-refractivity contribution in [3.63, 3.8) is 0 Å². The Hall–Kier alpha value is -2.16. The van der Waals surface area contributed by atoms with Gasteiger partial charge in [-0.2, -0.15) is 0 Å². The Kier molecular flexibility index (Phi) is 1.80. The molecule has 0 amide bonds. The smallest absolute Gasteiger partial charge is 0.380 e. The number of ether oxygens (including phenoxy) is 1. The van der Waals surface area contributed by atoms with Crippen molar-refractivity contribution in [1.29, 1.82) is 0 Å². The lowest BCUT2D eigenvalue weighted by Crippen LogP contribution is -2.27. The maximum absolute atomic E-state index is 11.2. The van der Waals surface area contributed by atoms with Crippen LogP contribution in [-0.2, 0) is 16.0 Å². The lowest BCUT2D eigenvalue weighted by molar-refractivity contribution is -0.147. The summed E-state index contributed by atoms with van der Waals surface area (Å²) in [7, 11) is 0. The lowest BCUT2D eigenvalue weighted by Gasteiger charge is -2.16. The largest absolute Gasteiger partial charge is 0.420 e. The number of carbonyl (C=O) groups is 2. The van der Waals surface area contributed by atoms with Gasteiger partial charge in [0.25, 0.3) is 0 Å². The zero-order valence-corrected chi connectivity index (χ0v) is 8.40. The third-order valence-corrected chi connectivity index (χ3v) is 2.73. The molecule has 1 aliphatic rings. The fourth-order valence-corrected chi connectivity index (χ4v) is 1.94. The van der Waals surface area contributed by atoms with Crippen molar-refractivity contribution in [1.82, 2.24) is 0 Å². The monoisotopic (exact) mass is 212 g/mol. The highest BCUT2D eigenvalue weighted by molar-refractivity contribution is 6.36. The fourth-order valence-electron chi connectivity index (χ4n) is 1.94. The van der Waals surface area contributed by atoms with Crippen molar-refractivity contribution >= 4 is 22.5 Å². The van der Waals surface area contributed by atoms with Crippen LogP contribution >= 0.6 is 0 Å². The lowest BCUT2D eigenvalue weighted by atomic mass is 10.00. The molecule has 78 valence electrons. The van der Waals surface area contributed by atoms with Crippen LogP contribution in [0.3, 0.4) is 0 Å². The molecule has 0 N–H and O–H groups in total. The van der Waals surface area contributed by atoms with Gasteiger partial charge < -0.3 is 4.74 Å². The summed E-state index contributed by atoms with van der Waals surface area (Å²) in [6.07, 6.45) is 0.138. The first kappa shape index (κ1) is 9.09. The van der Waals surface area contributed by atoms with Gasteiger partial charge in [0.05, 0.1) is 0 Å². The normalized spacial score (nSPS) is 14.8. The van der Waals surface area contributed by atoms with Crippen molar-refractivity contribution in [2.75, 3.05) is 0 Å². The molecule has 3 nitrogen and oxygen atoms in total. The highest BCUT2D eigenvalue weighted by Gasteiger charge is 2.26. The second-order valence-corrected chi connectivity index (χ2v) is 3.76. The number of Topliss-reactive ketones (excluding diaryl/α,β-unsaturated/α-hetero) is 1. The Balaban J connectivity index is 2.31. The molecule has 1 heterocycles. The van der Waals surface area contributed by atoms with Gasteiger partial charge in [-0.1, -0.05) is 36.4 Å². The quantitative estimate of drug-likeness (QED) is 0.380. The van der Waals surface area contributed by atoms with E-state index in [4.69, 9.17) is 4.74 Å². The van der Waals surface area contributed by atoms with Gasteiger partial charge >= 0.3 is 5.97 Å². The summed E-state index contributed by atoms with van der Waals surface area (Å²) in [5, 5.41) is 1.88. The van der Waals surface area contributed by atoms with Crippen LogP contribution in [0.2, 0.25) is 0 Å². The average Bonchev–Trinajstić information content (AvgIpc) is 2.31. The van der Waals surface area contributed by atoms with E-state index in [9.17, 15) is 9.59 Å². The van der Waals surface area contributed by atoms with Crippen LogP contribution in [0.25, 0.3) is 10.8 Å². The number of fused-ring (bicyclic) bond motifs is 3. The van der Waals surface area contributed by atoms with Gasteiger partial charge in [-0.25, -0.2) is 4.79 Å². The number of benzene rings is 2. The predicted octanol–water partition coefficient (Wildman–Crippen LogP) is 1.87. The molecule has 0 aromatic heterocycles. The summed E-state index contributed by atoms with van der Waals surface area (Å²) >= 11 is 0. The highest BCUT2D eigenvalue weighted by Crippen LogP contribution is 2.32. The number of ketones is 1. The second-order valence-electron chi connectivity index (χ2n) is 3.76.